The van der Waals surface area contributed by atoms with Crippen molar-refractivity contribution >= 4 is 0 Å². The SMILES string of the molecule is CCOc1ccccc1C(N)CN1CCCCCC1CC. The monoisotopic (exact) mass is 290 g/mol. The summed E-state index contributed by atoms with van der Waals surface area (Å²) in [4.78, 5) is 2.60. The van der Waals surface area contributed by atoms with Crippen LogP contribution in [-0.2, 0) is 0 Å². The Bertz CT molecular complexity index is 421. The molecule has 1 aromatic rings. The van der Waals surface area contributed by atoms with Gasteiger partial charge < -0.3 is 10.5 Å². The Balaban J connectivity index is 2.07. The minimum atomic E-state index is 0.0277. The second-order valence-corrected chi connectivity index (χ2v) is 5.98. The second-order valence-electron chi connectivity index (χ2n) is 5.98. The van der Waals surface area contributed by atoms with Gasteiger partial charge in [0.1, 0.15) is 5.75 Å². The van der Waals surface area contributed by atoms with Gasteiger partial charge in [0.15, 0.2) is 0 Å². The molecule has 0 radical (unpaired) electrons. The molecule has 0 bridgehead atoms. The molecule has 1 aliphatic heterocycles. The highest BCUT2D eigenvalue weighted by molar-refractivity contribution is 5.36. The van der Waals surface area contributed by atoms with Crippen LogP contribution in [0.5, 0.6) is 5.75 Å². The molecule has 3 nitrogen and oxygen atoms in total. The Labute approximate surface area is 129 Å². The van der Waals surface area contributed by atoms with Crippen LogP contribution in [0.15, 0.2) is 24.3 Å². The number of nitrogens with two attached hydrogens (primary N) is 1. The molecule has 21 heavy (non-hydrogen) atoms. The third kappa shape index (κ3) is 4.45. The van der Waals surface area contributed by atoms with Crippen LogP contribution >= 0.6 is 0 Å². The molecule has 1 aromatic carbocycles. The third-order valence-electron chi connectivity index (χ3n) is 4.52. The van der Waals surface area contributed by atoms with Crippen molar-refractivity contribution in [2.75, 3.05) is 19.7 Å². The predicted molar refractivity (Wildman–Crippen MR) is 88.7 cm³/mol. The van der Waals surface area contributed by atoms with Crippen LogP contribution in [0.2, 0.25) is 0 Å². The van der Waals surface area contributed by atoms with Crippen molar-refractivity contribution in [2.45, 2.75) is 58.0 Å². The number of likely N-dealkylation sites (tertiary alicyclic amines) is 1. The lowest BCUT2D eigenvalue weighted by Crippen LogP contribution is -2.39. The lowest BCUT2D eigenvalue weighted by atomic mass is 10.0. The molecule has 2 atom stereocenters. The van der Waals surface area contributed by atoms with Crippen molar-refractivity contribution in [3.05, 3.63) is 29.8 Å². The van der Waals surface area contributed by atoms with Crippen molar-refractivity contribution < 1.29 is 4.74 Å². The number of ether oxygens (including phenoxy) is 1. The number of benzene rings is 1. The normalized spacial score (nSPS) is 21.8. The molecule has 0 saturated carbocycles. The van der Waals surface area contributed by atoms with Gasteiger partial charge in [-0.05, 0) is 38.8 Å². The number of hydrogen-bond acceptors (Lipinski definition) is 3. The fraction of sp³-hybridized carbons (Fsp3) is 0.667. The molecule has 0 aromatic heterocycles. The Morgan fingerprint density at radius 3 is 2.81 bits per heavy atom. The van der Waals surface area contributed by atoms with E-state index in [1.807, 2.05) is 19.1 Å². The van der Waals surface area contributed by atoms with Crippen LogP contribution in [0.3, 0.4) is 0 Å². The van der Waals surface area contributed by atoms with Gasteiger partial charge in [-0.1, -0.05) is 38.0 Å². The summed E-state index contributed by atoms with van der Waals surface area (Å²) in [5, 5.41) is 0. The molecule has 3 heteroatoms. The number of rotatable bonds is 6. The summed E-state index contributed by atoms with van der Waals surface area (Å²) in [6.07, 6.45) is 6.56. The first-order valence-corrected chi connectivity index (χ1v) is 8.47. The molecule has 2 rings (SSSR count). The summed E-state index contributed by atoms with van der Waals surface area (Å²) in [6, 6.07) is 8.92. The summed E-state index contributed by atoms with van der Waals surface area (Å²) in [5.74, 6) is 0.940. The molecule has 1 fully saturated rings. The lowest BCUT2D eigenvalue weighted by Gasteiger charge is -2.32. The molecule has 1 aliphatic rings. The molecule has 1 heterocycles. The standard InChI is InChI=1S/C18H30N2O/c1-3-15-10-6-5-9-13-20(15)14-17(19)16-11-7-8-12-18(16)21-4-2/h7-8,11-12,15,17H,3-6,9-10,13-14,19H2,1-2H3. The van der Waals surface area contributed by atoms with Crippen LogP contribution in [0, 0.1) is 0 Å². The van der Waals surface area contributed by atoms with E-state index in [-0.39, 0.29) is 6.04 Å². The van der Waals surface area contributed by atoms with Gasteiger partial charge in [0.05, 0.1) is 6.61 Å². The van der Waals surface area contributed by atoms with Crippen molar-refractivity contribution in [3.63, 3.8) is 0 Å². The highest BCUT2D eigenvalue weighted by atomic mass is 16.5. The Kier molecular flexibility index (Phi) is 6.52. The fourth-order valence-corrected chi connectivity index (χ4v) is 3.36. The molecule has 2 unspecified atom stereocenters. The van der Waals surface area contributed by atoms with E-state index in [0.29, 0.717) is 12.6 Å². The van der Waals surface area contributed by atoms with E-state index < -0.39 is 0 Å². The van der Waals surface area contributed by atoms with Gasteiger partial charge in [-0.3, -0.25) is 4.90 Å². The zero-order valence-corrected chi connectivity index (χ0v) is 13.6. The van der Waals surface area contributed by atoms with E-state index in [2.05, 4.69) is 24.0 Å². The van der Waals surface area contributed by atoms with Crippen LogP contribution in [-0.4, -0.2) is 30.6 Å². The van der Waals surface area contributed by atoms with E-state index in [9.17, 15) is 0 Å². The van der Waals surface area contributed by atoms with E-state index in [0.717, 1.165) is 17.9 Å². The number of hydrogen-bond donors (Lipinski definition) is 1. The predicted octanol–water partition coefficient (Wildman–Crippen LogP) is 3.74. The smallest absolute Gasteiger partial charge is 0.124 e. The van der Waals surface area contributed by atoms with Gasteiger partial charge in [0.2, 0.25) is 0 Å². The van der Waals surface area contributed by atoms with Crippen LogP contribution in [0.4, 0.5) is 0 Å². The average molecular weight is 290 g/mol. The first-order chi connectivity index (χ1) is 10.3. The van der Waals surface area contributed by atoms with Crippen molar-refractivity contribution in [2.24, 2.45) is 5.73 Å². The van der Waals surface area contributed by atoms with Crippen molar-refractivity contribution in [3.8, 4) is 5.75 Å². The van der Waals surface area contributed by atoms with E-state index in [4.69, 9.17) is 10.5 Å². The van der Waals surface area contributed by atoms with Gasteiger partial charge in [0.25, 0.3) is 0 Å². The minimum absolute atomic E-state index is 0.0277. The Morgan fingerprint density at radius 2 is 2.05 bits per heavy atom. The quantitative estimate of drug-likeness (QED) is 0.867. The van der Waals surface area contributed by atoms with Gasteiger partial charge in [0, 0.05) is 24.2 Å². The van der Waals surface area contributed by atoms with Crippen LogP contribution < -0.4 is 10.5 Å². The minimum Gasteiger partial charge on any atom is -0.494 e. The summed E-state index contributed by atoms with van der Waals surface area (Å²) in [7, 11) is 0. The largest absolute Gasteiger partial charge is 0.494 e. The first-order valence-electron chi connectivity index (χ1n) is 8.47. The van der Waals surface area contributed by atoms with E-state index in [1.54, 1.807) is 0 Å². The molecule has 0 aliphatic carbocycles. The summed E-state index contributed by atoms with van der Waals surface area (Å²) in [6.45, 7) is 7.11. The maximum absolute atomic E-state index is 6.50. The zero-order valence-electron chi connectivity index (χ0n) is 13.6. The lowest BCUT2D eigenvalue weighted by molar-refractivity contribution is 0.182. The van der Waals surface area contributed by atoms with E-state index >= 15 is 0 Å². The molecular formula is C18H30N2O. The molecule has 2 N–H and O–H groups in total. The van der Waals surface area contributed by atoms with Gasteiger partial charge >= 0.3 is 0 Å². The Morgan fingerprint density at radius 1 is 1.24 bits per heavy atom. The first kappa shape index (κ1) is 16.3. The topological polar surface area (TPSA) is 38.5 Å². The zero-order chi connectivity index (χ0) is 15.1. The van der Waals surface area contributed by atoms with Gasteiger partial charge in [-0.15, -0.1) is 0 Å². The molecular weight excluding hydrogens is 260 g/mol. The Hall–Kier alpha value is -1.06. The average Bonchev–Trinajstić information content (AvgIpc) is 2.73. The summed E-state index contributed by atoms with van der Waals surface area (Å²) in [5.41, 5.74) is 7.64. The second kappa shape index (κ2) is 8.40. The molecule has 1 saturated heterocycles. The van der Waals surface area contributed by atoms with Crippen LogP contribution in [0.1, 0.15) is 57.6 Å². The van der Waals surface area contributed by atoms with Gasteiger partial charge in [-0.25, -0.2) is 0 Å². The van der Waals surface area contributed by atoms with E-state index in [1.165, 1.54) is 38.6 Å². The third-order valence-corrected chi connectivity index (χ3v) is 4.52. The summed E-state index contributed by atoms with van der Waals surface area (Å²) >= 11 is 0. The summed E-state index contributed by atoms with van der Waals surface area (Å²) < 4.78 is 5.73. The molecule has 0 amide bonds. The maximum Gasteiger partial charge on any atom is 0.124 e. The highest BCUT2D eigenvalue weighted by Crippen LogP contribution is 2.27. The van der Waals surface area contributed by atoms with Crippen LogP contribution in [0.25, 0.3) is 0 Å². The number of nitrogens with zero attached hydrogens (tertiary/aromatic N) is 1. The maximum atomic E-state index is 6.50. The van der Waals surface area contributed by atoms with Crippen molar-refractivity contribution in [1.82, 2.24) is 4.90 Å². The van der Waals surface area contributed by atoms with Crippen molar-refractivity contribution in [1.29, 1.82) is 0 Å². The molecule has 0 spiro atoms. The van der Waals surface area contributed by atoms with Gasteiger partial charge in [-0.2, -0.15) is 0 Å². The highest BCUT2D eigenvalue weighted by Gasteiger charge is 2.23. The fourth-order valence-electron chi connectivity index (χ4n) is 3.36. The number of para-hydroxylation sites is 1. The molecule has 118 valence electrons.